The number of nitrogens with one attached hydrogen (secondary N) is 1. The number of hydrogen-bond acceptors (Lipinski definition) is 4. The predicted molar refractivity (Wildman–Crippen MR) is 101 cm³/mol. The van der Waals surface area contributed by atoms with Gasteiger partial charge in [0.05, 0.1) is 0 Å². The zero-order chi connectivity index (χ0) is 18.0. The van der Waals surface area contributed by atoms with Crippen LogP contribution >= 0.6 is 11.6 Å². The van der Waals surface area contributed by atoms with Crippen molar-refractivity contribution in [2.45, 2.75) is 0 Å². The van der Waals surface area contributed by atoms with Gasteiger partial charge in [-0.1, -0.05) is 0 Å². The Morgan fingerprint density at radius 2 is 1.50 bits per heavy atom. The molecule has 5 nitrogen and oxygen atoms in total. The van der Waals surface area contributed by atoms with Crippen LogP contribution in [0, 0.1) is 0 Å². The van der Waals surface area contributed by atoms with Gasteiger partial charge in [-0.3, -0.25) is 0 Å². The molecular formula is C19H15ClHgN4O. The summed E-state index contributed by atoms with van der Waals surface area (Å²) in [5.74, 6) is 0. The zero-order valence-electron chi connectivity index (χ0n) is 13.9. The summed E-state index contributed by atoms with van der Waals surface area (Å²) in [5.41, 5.74) is 4.55. The van der Waals surface area contributed by atoms with Gasteiger partial charge >= 0.3 is 170 Å². The van der Waals surface area contributed by atoms with Crippen molar-refractivity contribution >= 4 is 32.1 Å². The van der Waals surface area contributed by atoms with E-state index in [1.165, 1.54) is 3.07 Å². The fourth-order valence-electron chi connectivity index (χ4n) is 2.03. The molecule has 0 spiro atoms. The SMILES string of the molecule is Clc1cc[c]([Hg][O]/C(N=Nc2ccccc2)=N\Nc2ccccc2)cc1. The Hall–Kier alpha value is -2.24. The monoisotopic (exact) mass is 552 g/mol. The van der Waals surface area contributed by atoms with Gasteiger partial charge in [-0.2, -0.15) is 0 Å². The number of rotatable bonds is 5. The molecule has 0 fully saturated rings. The van der Waals surface area contributed by atoms with Crippen molar-refractivity contribution in [3.63, 3.8) is 0 Å². The van der Waals surface area contributed by atoms with Crippen molar-refractivity contribution in [3.05, 3.63) is 90.0 Å². The van der Waals surface area contributed by atoms with E-state index in [1.807, 2.05) is 84.9 Å². The van der Waals surface area contributed by atoms with Crippen LogP contribution in [0.5, 0.6) is 0 Å². The first-order chi connectivity index (χ1) is 12.8. The van der Waals surface area contributed by atoms with Gasteiger partial charge in [0, 0.05) is 0 Å². The molecule has 3 aromatic rings. The predicted octanol–water partition coefficient (Wildman–Crippen LogP) is 5.15. The van der Waals surface area contributed by atoms with E-state index in [2.05, 4.69) is 20.8 Å². The fourth-order valence-corrected chi connectivity index (χ4v) is 5.45. The van der Waals surface area contributed by atoms with E-state index in [1.54, 1.807) is 0 Å². The number of benzene rings is 3. The summed E-state index contributed by atoms with van der Waals surface area (Å²) in [6.07, 6.45) is 0. The molecule has 1 N–H and O–H groups in total. The van der Waals surface area contributed by atoms with Crippen molar-refractivity contribution in [2.75, 3.05) is 5.43 Å². The molecule has 3 aromatic carbocycles. The van der Waals surface area contributed by atoms with E-state index < -0.39 is 25.0 Å². The Balaban J connectivity index is 1.71. The fraction of sp³-hybridized carbons (Fsp3) is 0. The minimum atomic E-state index is -1.88. The Labute approximate surface area is 169 Å². The summed E-state index contributed by atoms with van der Waals surface area (Å²) in [6, 6.07) is 27.0. The second-order valence-corrected chi connectivity index (χ2v) is 11.2. The summed E-state index contributed by atoms with van der Waals surface area (Å²) in [7, 11) is 0. The van der Waals surface area contributed by atoms with Gasteiger partial charge in [0.25, 0.3) is 0 Å². The van der Waals surface area contributed by atoms with Crippen LogP contribution in [-0.2, 0) is 27.7 Å². The van der Waals surface area contributed by atoms with Crippen LogP contribution in [0.2, 0.25) is 5.02 Å². The second-order valence-electron chi connectivity index (χ2n) is 5.32. The van der Waals surface area contributed by atoms with Gasteiger partial charge in [-0.05, 0) is 0 Å². The molecule has 0 saturated heterocycles. The zero-order valence-corrected chi connectivity index (χ0v) is 20.2. The molecule has 0 unspecified atom stereocenters. The van der Waals surface area contributed by atoms with Crippen LogP contribution in [0.1, 0.15) is 0 Å². The van der Waals surface area contributed by atoms with E-state index in [0.29, 0.717) is 5.02 Å². The molecule has 0 bridgehead atoms. The van der Waals surface area contributed by atoms with Crippen LogP contribution in [0.4, 0.5) is 11.4 Å². The van der Waals surface area contributed by atoms with Gasteiger partial charge < -0.3 is 0 Å². The molecule has 3 rings (SSSR count). The molecular weight excluding hydrogens is 536 g/mol. The Morgan fingerprint density at radius 1 is 0.846 bits per heavy atom. The van der Waals surface area contributed by atoms with Gasteiger partial charge in [0.1, 0.15) is 0 Å². The number of nitrogens with zero attached hydrogens (tertiary/aromatic N) is 3. The quantitative estimate of drug-likeness (QED) is 0.157. The second kappa shape index (κ2) is 10.0. The van der Waals surface area contributed by atoms with Gasteiger partial charge in [-0.25, -0.2) is 0 Å². The standard InChI is InChI=1S/C13H12N4O.C6H4Cl.Hg/c18-13(16-14-11-7-3-1-4-8-11)17-15-12-9-5-2-6-10-12;7-6-4-2-1-3-5-6;/h1-10,14H,(H,16,18);2-5H;/q;;+1/p-1. The molecule has 0 heterocycles. The summed E-state index contributed by atoms with van der Waals surface area (Å²) in [5, 5.41) is 13.3. The van der Waals surface area contributed by atoms with E-state index in [-0.39, 0.29) is 6.02 Å². The van der Waals surface area contributed by atoms with Gasteiger partial charge in [-0.15, -0.1) is 0 Å². The summed E-state index contributed by atoms with van der Waals surface area (Å²) in [4.78, 5) is 0. The van der Waals surface area contributed by atoms with Crippen LogP contribution in [-0.4, -0.2) is 6.02 Å². The molecule has 0 radical (unpaired) electrons. The third kappa shape index (κ3) is 6.24. The first kappa shape index (κ1) is 18.5. The van der Waals surface area contributed by atoms with Crippen LogP contribution < -0.4 is 8.50 Å². The normalized spacial score (nSPS) is 11.2. The average Bonchev–Trinajstić information content (AvgIpc) is 2.70. The van der Waals surface area contributed by atoms with Crippen molar-refractivity contribution in [1.29, 1.82) is 0 Å². The van der Waals surface area contributed by atoms with Crippen molar-refractivity contribution < 1.29 is 27.7 Å². The van der Waals surface area contributed by atoms with E-state index in [0.717, 1.165) is 11.4 Å². The number of anilines is 1. The maximum atomic E-state index is 5.93. The summed E-state index contributed by atoms with van der Waals surface area (Å²) >= 11 is 4.05. The van der Waals surface area contributed by atoms with Crippen LogP contribution in [0.15, 0.2) is 100 Å². The molecule has 0 saturated carbocycles. The number of halogens is 1. The van der Waals surface area contributed by atoms with E-state index in [4.69, 9.17) is 14.2 Å². The minimum absolute atomic E-state index is 0.231. The third-order valence-electron chi connectivity index (χ3n) is 3.34. The topological polar surface area (TPSA) is 58.3 Å². The van der Waals surface area contributed by atoms with Crippen LogP contribution in [0.3, 0.4) is 0 Å². The molecule has 0 aliphatic rings. The van der Waals surface area contributed by atoms with Gasteiger partial charge in [0.2, 0.25) is 0 Å². The van der Waals surface area contributed by atoms with Crippen molar-refractivity contribution in [2.24, 2.45) is 15.3 Å². The molecule has 7 heteroatoms. The average molecular weight is 551 g/mol. The molecule has 26 heavy (non-hydrogen) atoms. The number of azo groups is 1. The summed E-state index contributed by atoms with van der Waals surface area (Å²) < 4.78 is 7.10. The maximum absolute atomic E-state index is 5.93. The molecule has 0 amide bonds. The van der Waals surface area contributed by atoms with Crippen LogP contribution in [0.25, 0.3) is 0 Å². The molecule has 126 valence electrons. The Kier molecular flexibility index (Phi) is 7.16. The third-order valence-corrected chi connectivity index (χ3v) is 8.29. The first-order valence-corrected chi connectivity index (χ1v) is 13.4. The van der Waals surface area contributed by atoms with E-state index in [9.17, 15) is 0 Å². The van der Waals surface area contributed by atoms with Crippen molar-refractivity contribution in [1.82, 2.24) is 0 Å². The first-order valence-electron chi connectivity index (χ1n) is 8.02. The summed E-state index contributed by atoms with van der Waals surface area (Å²) in [6.45, 7) is 0. The number of hydrazone groups is 1. The molecule has 0 atom stereocenters. The van der Waals surface area contributed by atoms with Gasteiger partial charge in [0.15, 0.2) is 0 Å². The van der Waals surface area contributed by atoms with E-state index >= 15 is 0 Å². The Morgan fingerprint density at radius 3 is 2.19 bits per heavy atom. The molecule has 0 aliphatic carbocycles. The Bertz CT molecular complexity index is 871. The number of amidine groups is 1. The molecule has 0 aromatic heterocycles. The van der Waals surface area contributed by atoms with Crippen molar-refractivity contribution in [3.8, 4) is 0 Å². The number of para-hydroxylation sites is 1. The number of hydrogen-bond donors (Lipinski definition) is 1. The molecule has 0 aliphatic heterocycles.